The molecular weight excluding hydrogens is 220 g/mol. The van der Waals surface area contributed by atoms with Gasteiger partial charge in [-0.05, 0) is 49.4 Å². The van der Waals surface area contributed by atoms with Gasteiger partial charge in [-0.3, -0.25) is 4.90 Å². The summed E-state index contributed by atoms with van der Waals surface area (Å²) in [6, 6.07) is 9.63. The highest BCUT2D eigenvalue weighted by atomic mass is 15.2. The molecule has 2 unspecified atom stereocenters. The van der Waals surface area contributed by atoms with E-state index in [-0.39, 0.29) is 0 Å². The Morgan fingerprint density at radius 1 is 1.17 bits per heavy atom. The molecule has 0 saturated carbocycles. The maximum atomic E-state index is 5.76. The van der Waals surface area contributed by atoms with Crippen LogP contribution >= 0.6 is 0 Å². The lowest BCUT2D eigenvalue weighted by atomic mass is 9.99. The molecule has 100 valence electrons. The second-order valence-electron chi connectivity index (χ2n) is 5.88. The van der Waals surface area contributed by atoms with Crippen LogP contribution in [0.4, 0.5) is 0 Å². The minimum absolute atomic E-state index is 0.516. The Kier molecular flexibility index (Phi) is 4.41. The van der Waals surface area contributed by atoms with E-state index in [4.69, 9.17) is 5.73 Å². The van der Waals surface area contributed by atoms with Crippen molar-refractivity contribution in [3.8, 4) is 0 Å². The number of nitrogens with two attached hydrogens (primary N) is 1. The fourth-order valence-electron chi connectivity index (χ4n) is 2.78. The molecule has 1 aliphatic heterocycles. The third-order valence-corrected chi connectivity index (χ3v) is 4.28. The molecule has 0 spiro atoms. The van der Waals surface area contributed by atoms with E-state index >= 15 is 0 Å². The molecule has 2 rings (SSSR count). The molecule has 0 radical (unpaired) electrons. The Morgan fingerprint density at radius 3 is 2.28 bits per heavy atom. The van der Waals surface area contributed by atoms with Gasteiger partial charge in [0, 0.05) is 12.6 Å². The average Bonchev–Trinajstić information content (AvgIpc) is 2.86. The summed E-state index contributed by atoms with van der Waals surface area (Å²) in [6.07, 6.45) is 1.25. The molecule has 1 aromatic carbocycles. The third kappa shape index (κ3) is 2.93. The molecule has 2 nitrogen and oxygen atoms in total. The molecule has 1 heterocycles. The van der Waals surface area contributed by atoms with Crippen LogP contribution in [0.5, 0.6) is 0 Å². The topological polar surface area (TPSA) is 29.3 Å². The van der Waals surface area contributed by atoms with Crippen molar-refractivity contribution in [3.05, 3.63) is 35.4 Å². The highest BCUT2D eigenvalue weighted by molar-refractivity contribution is 5.26. The predicted molar refractivity (Wildman–Crippen MR) is 77.7 cm³/mol. The first-order valence-corrected chi connectivity index (χ1v) is 7.15. The normalized spacial score (nSPS) is 22.6. The Bertz CT molecular complexity index is 369. The van der Waals surface area contributed by atoms with E-state index in [1.807, 2.05) is 0 Å². The molecule has 2 N–H and O–H groups in total. The molecule has 1 saturated heterocycles. The van der Waals surface area contributed by atoms with E-state index < -0.39 is 0 Å². The minimum Gasteiger partial charge on any atom is -0.330 e. The van der Waals surface area contributed by atoms with Crippen LogP contribution < -0.4 is 5.73 Å². The van der Waals surface area contributed by atoms with E-state index in [1.54, 1.807) is 0 Å². The zero-order chi connectivity index (χ0) is 13.1. The summed E-state index contributed by atoms with van der Waals surface area (Å²) in [6.45, 7) is 9.97. The van der Waals surface area contributed by atoms with Crippen molar-refractivity contribution in [1.82, 2.24) is 4.90 Å². The van der Waals surface area contributed by atoms with Gasteiger partial charge in [0.2, 0.25) is 0 Å². The van der Waals surface area contributed by atoms with Gasteiger partial charge in [0.25, 0.3) is 0 Å². The molecule has 18 heavy (non-hydrogen) atoms. The van der Waals surface area contributed by atoms with Gasteiger partial charge >= 0.3 is 0 Å². The Hall–Kier alpha value is -0.860. The lowest BCUT2D eigenvalue weighted by molar-refractivity contribution is 0.253. The lowest BCUT2D eigenvalue weighted by Crippen LogP contribution is -2.26. The summed E-state index contributed by atoms with van der Waals surface area (Å²) in [4.78, 5) is 2.56. The summed E-state index contributed by atoms with van der Waals surface area (Å²) in [5, 5.41) is 0. The van der Waals surface area contributed by atoms with Gasteiger partial charge in [0.15, 0.2) is 0 Å². The van der Waals surface area contributed by atoms with Gasteiger partial charge in [-0.15, -0.1) is 0 Å². The number of hydrogen-bond donors (Lipinski definition) is 1. The molecule has 1 aromatic rings. The van der Waals surface area contributed by atoms with Crippen molar-refractivity contribution < 1.29 is 0 Å². The van der Waals surface area contributed by atoms with Gasteiger partial charge < -0.3 is 5.73 Å². The first-order chi connectivity index (χ1) is 8.61. The van der Waals surface area contributed by atoms with E-state index in [0.29, 0.717) is 17.9 Å². The van der Waals surface area contributed by atoms with Crippen molar-refractivity contribution in [3.63, 3.8) is 0 Å². The van der Waals surface area contributed by atoms with E-state index in [0.717, 1.165) is 13.1 Å². The molecular formula is C16H26N2. The van der Waals surface area contributed by atoms with Gasteiger partial charge in [-0.1, -0.05) is 38.1 Å². The summed E-state index contributed by atoms with van der Waals surface area (Å²) < 4.78 is 0. The standard InChI is InChI=1S/C16H26N2/c1-12(2)15-4-6-16(7-5-15)13(3)18-9-8-14(10-17)11-18/h4-7,12-14H,8-11,17H2,1-3H3. The second kappa shape index (κ2) is 5.85. The molecule has 0 bridgehead atoms. The Labute approximate surface area is 111 Å². The van der Waals surface area contributed by atoms with Crippen molar-refractivity contribution in [1.29, 1.82) is 0 Å². The van der Waals surface area contributed by atoms with Gasteiger partial charge in [0.05, 0.1) is 0 Å². The van der Waals surface area contributed by atoms with Gasteiger partial charge in [-0.25, -0.2) is 0 Å². The highest BCUT2D eigenvalue weighted by Gasteiger charge is 2.25. The van der Waals surface area contributed by atoms with Crippen LogP contribution in [0.2, 0.25) is 0 Å². The fraction of sp³-hybridized carbons (Fsp3) is 0.625. The summed E-state index contributed by atoms with van der Waals surface area (Å²) in [5.74, 6) is 1.31. The van der Waals surface area contributed by atoms with Crippen LogP contribution in [0.15, 0.2) is 24.3 Å². The Morgan fingerprint density at radius 2 is 1.78 bits per heavy atom. The predicted octanol–water partition coefficient (Wildman–Crippen LogP) is 3.15. The second-order valence-corrected chi connectivity index (χ2v) is 5.88. The van der Waals surface area contributed by atoms with E-state index in [9.17, 15) is 0 Å². The zero-order valence-corrected chi connectivity index (χ0v) is 11.9. The number of rotatable bonds is 4. The summed E-state index contributed by atoms with van der Waals surface area (Å²) >= 11 is 0. The van der Waals surface area contributed by atoms with Gasteiger partial charge in [0.1, 0.15) is 0 Å². The number of nitrogens with zero attached hydrogens (tertiary/aromatic N) is 1. The molecule has 2 atom stereocenters. The summed E-state index contributed by atoms with van der Waals surface area (Å²) in [5.41, 5.74) is 8.61. The first-order valence-electron chi connectivity index (χ1n) is 7.15. The minimum atomic E-state index is 0.516. The average molecular weight is 246 g/mol. The lowest BCUT2D eigenvalue weighted by Gasteiger charge is -2.25. The fourth-order valence-corrected chi connectivity index (χ4v) is 2.78. The molecule has 2 heteroatoms. The molecule has 0 aliphatic carbocycles. The van der Waals surface area contributed by atoms with Crippen LogP contribution in [0.3, 0.4) is 0 Å². The molecule has 0 aromatic heterocycles. The quantitative estimate of drug-likeness (QED) is 0.884. The van der Waals surface area contributed by atoms with Crippen LogP contribution in [0.25, 0.3) is 0 Å². The molecule has 1 fully saturated rings. The van der Waals surface area contributed by atoms with Crippen LogP contribution in [0.1, 0.15) is 50.3 Å². The Balaban J connectivity index is 2.02. The monoisotopic (exact) mass is 246 g/mol. The zero-order valence-electron chi connectivity index (χ0n) is 11.9. The first kappa shape index (κ1) is 13.6. The largest absolute Gasteiger partial charge is 0.330 e. The third-order valence-electron chi connectivity index (χ3n) is 4.28. The van der Waals surface area contributed by atoms with Crippen LogP contribution in [-0.4, -0.2) is 24.5 Å². The number of likely N-dealkylation sites (tertiary alicyclic amines) is 1. The number of benzene rings is 1. The van der Waals surface area contributed by atoms with Crippen molar-refractivity contribution in [2.24, 2.45) is 11.7 Å². The highest BCUT2D eigenvalue weighted by Crippen LogP contribution is 2.27. The van der Waals surface area contributed by atoms with Crippen LogP contribution in [0, 0.1) is 5.92 Å². The smallest absolute Gasteiger partial charge is 0.0320 e. The number of hydrogen-bond acceptors (Lipinski definition) is 2. The maximum absolute atomic E-state index is 5.76. The molecule has 0 amide bonds. The summed E-state index contributed by atoms with van der Waals surface area (Å²) in [7, 11) is 0. The van der Waals surface area contributed by atoms with Crippen molar-refractivity contribution in [2.45, 2.75) is 39.2 Å². The van der Waals surface area contributed by atoms with Gasteiger partial charge in [-0.2, -0.15) is 0 Å². The van der Waals surface area contributed by atoms with Crippen molar-refractivity contribution in [2.75, 3.05) is 19.6 Å². The van der Waals surface area contributed by atoms with E-state index in [2.05, 4.69) is 49.9 Å². The molecule has 1 aliphatic rings. The van der Waals surface area contributed by atoms with E-state index in [1.165, 1.54) is 24.1 Å². The van der Waals surface area contributed by atoms with Crippen molar-refractivity contribution >= 4 is 0 Å². The SMILES string of the molecule is CC(C)c1ccc(C(C)N2CCC(CN)C2)cc1. The van der Waals surface area contributed by atoms with Crippen LogP contribution in [-0.2, 0) is 0 Å². The maximum Gasteiger partial charge on any atom is 0.0320 e.